The van der Waals surface area contributed by atoms with E-state index in [0.29, 0.717) is 24.7 Å². The van der Waals surface area contributed by atoms with Crippen LogP contribution in [-0.4, -0.2) is 24.3 Å². The second-order valence-electron chi connectivity index (χ2n) is 7.97. The number of nitrogens with two attached hydrogens (primary N) is 1. The second-order valence-corrected chi connectivity index (χ2v) is 9.23. The van der Waals surface area contributed by atoms with E-state index in [1.807, 2.05) is 35.6 Å². The number of aromatic nitrogens is 1. The number of unbranched alkanes of at least 4 members (excludes halogenated alkanes) is 2. The van der Waals surface area contributed by atoms with Crippen LogP contribution in [0.3, 0.4) is 0 Å². The van der Waals surface area contributed by atoms with Crippen LogP contribution in [0.5, 0.6) is 11.5 Å². The molecular weight excluding hydrogens is 422 g/mol. The molecule has 0 bridgehead atoms. The van der Waals surface area contributed by atoms with Crippen molar-refractivity contribution < 1.29 is 19.7 Å². The maximum atomic E-state index is 8.68. The highest BCUT2D eigenvalue weighted by molar-refractivity contribution is 7.11. The van der Waals surface area contributed by atoms with Gasteiger partial charge in [-0.15, -0.1) is 0 Å². The first-order chi connectivity index (χ1) is 15.5. The van der Waals surface area contributed by atoms with E-state index in [1.165, 1.54) is 21.1 Å². The van der Waals surface area contributed by atoms with Crippen LogP contribution in [0.25, 0.3) is 11.3 Å². The summed E-state index contributed by atoms with van der Waals surface area (Å²) in [6.45, 7) is 7.90. The molecule has 0 aliphatic rings. The van der Waals surface area contributed by atoms with Gasteiger partial charge < -0.3 is 20.4 Å². The first kappa shape index (κ1) is 23.6. The molecule has 7 heteroatoms. The lowest BCUT2D eigenvalue weighted by atomic mass is 10.1. The molecule has 3 rings (SSSR count). The maximum absolute atomic E-state index is 8.68. The van der Waals surface area contributed by atoms with Crippen LogP contribution in [0.15, 0.2) is 53.7 Å². The molecular formula is C25H32N3O3S+. The smallest absolute Gasteiger partial charge is 0.233 e. The summed E-state index contributed by atoms with van der Waals surface area (Å²) in [5, 5.41) is 12.9. The van der Waals surface area contributed by atoms with E-state index in [1.54, 1.807) is 12.1 Å². The lowest BCUT2D eigenvalue weighted by molar-refractivity contribution is -0.367. The van der Waals surface area contributed by atoms with E-state index in [0.717, 1.165) is 30.8 Å². The predicted octanol–water partition coefficient (Wildman–Crippen LogP) is 5.38. The third kappa shape index (κ3) is 6.47. The van der Waals surface area contributed by atoms with Gasteiger partial charge in [0.1, 0.15) is 11.5 Å². The number of hydrogen-bond acceptors (Lipinski definition) is 5. The van der Waals surface area contributed by atoms with Gasteiger partial charge >= 0.3 is 0 Å². The van der Waals surface area contributed by atoms with Crippen LogP contribution >= 0.6 is 11.3 Å². The number of thiazole rings is 1. The minimum atomic E-state index is 0.0893. The average Bonchev–Trinajstić information content (AvgIpc) is 3.21. The molecule has 0 radical (unpaired) electrons. The van der Waals surface area contributed by atoms with Crippen molar-refractivity contribution in [3.8, 4) is 22.8 Å². The molecule has 0 aliphatic heterocycles. The number of benzene rings is 2. The van der Waals surface area contributed by atoms with Crippen molar-refractivity contribution in [1.82, 2.24) is 0 Å². The molecule has 0 fully saturated rings. The van der Waals surface area contributed by atoms with Crippen molar-refractivity contribution >= 4 is 17.2 Å². The summed E-state index contributed by atoms with van der Waals surface area (Å²) in [6.07, 6.45) is 2.96. The van der Waals surface area contributed by atoms with Gasteiger partial charge in [-0.1, -0.05) is 30.3 Å². The number of ether oxygens (including phenoxy) is 2. The van der Waals surface area contributed by atoms with Gasteiger partial charge in [0, 0.05) is 18.1 Å². The SMILES string of the molecule is Cc1[nH+]c(-c2ccc(OCCCCCOc3ccc(/C(N)=N/O)cc3)cc2)c(C(C)C)s1. The number of aryl methyl sites for hydroxylation is 1. The van der Waals surface area contributed by atoms with Gasteiger partial charge in [-0.25, -0.2) is 0 Å². The molecule has 6 nitrogen and oxygen atoms in total. The monoisotopic (exact) mass is 454 g/mol. The first-order valence-electron chi connectivity index (χ1n) is 10.9. The summed E-state index contributed by atoms with van der Waals surface area (Å²) in [6, 6.07) is 15.5. The van der Waals surface area contributed by atoms with Gasteiger partial charge in [-0.05, 0) is 73.7 Å². The topological polar surface area (TPSA) is 91.2 Å². The number of amidine groups is 1. The van der Waals surface area contributed by atoms with E-state index in [2.05, 4.69) is 43.0 Å². The molecule has 170 valence electrons. The van der Waals surface area contributed by atoms with E-state index in [-0.39, 0.29) is 5.84 Å². The molecule has 2 aromatic carbocycles. The van der Waals surface area contributed by atoms with Crippen molar-refractivity contribution in [2.24, 2.45) is 10.9 Å². The van der Waals surface area contributed by atoms with E-state index < -0.39 is 0 Å². The number of aromatic amines is 1. The highest BCUT2D eigenvalue weighted by Gasteiger charge is 2.20. The van der Waals surface area contributed by atoms with E-state index >= 15 is 0 Å². The molecule has 1 heterocycles. The molecule has 0 atom stereocenters. The normalized spacial score (nSPS) is 11.7. The number of H-pyrrole nitrogens is 1. The van der Waals surface area contributed by atoms with Crippen molar-refractivity contribution in [3.63, 3.8) is 0 Å². The van der Waals surface area contributed by atoms with Crippen molar-refractivity contribution in [3.05, 3.63) is 64.0 Å². The van der Waals surface area contributed by atoms with Gasteiger partial charge in [-0.2, -0.15) is 4.98 Å². The van der Waals surface area contributed by atoms with Crippen LogP contribution in [0.4, 0.5) is 0 Å². The third-order valence-corrected chi connectivity index (χ3v) is 6.37. The predicted molar refractivity (Wildman–Crippen MR) is 129 cm³/mol. The molecule has 0 saturated heterocycles. The van der Waals surface area contributed by atoms with Crippen LogP contribution in [0.1, 0.15) is 54.5 Å². The van der Waals surface area contributed by atoms with E-state index in [9.17, 15) is 0 Å². The summed E-state index contributed by atoms with van der Waals surface area (Å²) in [4.78, 5) is 4.89. The molecule has 0 saturated carbocycles. The minimum Gasteiger partial charge on any atom is -0.494 e. The van der Waals surface area contributed by atoms with Gasteiger partial charge in [0.2, 0.25) is 10.7 Å². The Morgan fingerprint density at radius 1 is 0.969 bits per heavy atom. The molecule has 0 amide bonds. The zero-order valence-electron chi connectivity index (χ0n) is 18.9. The van der Waals surface area contributed by atoms with Crippen molar-refractivity contribution in [2.45, 2.75) is 46.0 Å². The lowest BCUT2D eigenvalue weighted by Gasteiger charge is -2.08. The summed E-state index contributed by atoms with van der Waals surface area (Å²) in [5.74, 6) is 2.26. The molecule has 0 unspecified atom stereocenters. The fourth-order valence-electron chi connectivity index (χ4n) is 3.36. The van der Waals surface area contributed by atoms with Gasteiger partial charge in [0.05, 0.1) is 18.1 Å². The summed E-state index contributed by atoms with van der Waals surface area (Å²) >= 11 is 1.83. The molecule has 0 aliphatic carbocycles. The standard InChI is InChI=1S/C25H31N3O3S/c1-17(2)24-23(27-18(3)32-24)19-7-11-21(12-8-19)30-15-5-4-6-16-31-22-13-9-20(10-14-22)25(26)28-29/h7-14,17,29H,4-6,15-16H2,1-3H3,(H2,26,28)/p+1. The third-order valence-electron chi connectivity index (χ3n) is 5.06. The fourth-order valence-corrected chi connectivity index (χ4v) is 4.35. The number of hydrogen-bond donors (Lipinski definition) is 2. The average molecular weight is 455 g/mol. The lowest BCUT2D eigenvalue weighted by Crippen LogP contribution is -2.12. The highest BCUT2D eigenvalue weighted by Crippen LogP contribution is 2.31. The van der Waals surface area contributed by atoms with Crippen molar-refractivity contribution in [1.29, 1.82) is 0 Å². The summed E-state index contributed by atoms with van der Waals surface area (Å²) < 4.78 is 11.6. The molecule has 3 aromatic rings. The van der Waals surface area contributed by atoms with E-state index in [4.69, 9.17) is 20.4 Å². The Bertz CT molecular complexity index is 1010. The maximum Gasteiger partial charge on any atom is 0.233 e. The van der Waals surface area contributed by atoms with Gasteiger partial charge in [0.15, 0.2) is 5.84 Å². The van der Waals surface area contributed by atoms with Crippen LogP contribution in [0, 0.1) is 6.92 Å². The second kappa shape index (κ2) is 11.5. The Balaban J connectivity index is 1.36. The van der Waals surface area contributed by atoms with Gasteiger partial charge in [0.25, 0.3) is 0 Å². The number of nitrogens with zero attached hydrogens (tertiary/aromatic N) is 1. The quantitative estimate of drug-likeness (QED) is 0.134. The molecule has 0 spiro atoms. The van der Waals surface area contributed by atoms with Crippen LogP contribution in [0.2, 0.25) is 0 Å². The largest absolute Gasteiger partial charge is 0.494 e. The molecule has 4 N–H and O–H groups in total. The summed E-state index contributed by atoms with van der Waals surface area (Å²) in [5.41, 5.74) is 8.63. The molecule has 32 heavy (non-hydrogen) atoms. The Labute approximate surface area is 193 Å². The number of oxime groups is 1. The number of rotatable bonds is 11. The van der Waals surface area contributed by atoms with Crippen LogP contribution in [-0.2, 0) is 0 Å². The number of nitrogens with one attached hydrogen (secondary N) is 1. The zero-order valence-corrected chi connectivity index (χ0v) is 19.7. The first-order valence-corrected chi connectivity index (χ1v) is 11.8. The van der Waals surface area contributed by atoms with Crippen molar-refractivity contribution in [2.75, 3.05) is 13.2 Å². The highest BCUT2D eigenvalue weighted by atomic mass is 32.1. The summed E-state index contributed by atoms with van der Waals surface area (Å²) in [7, 11) is 0. The van der Waals surface area contributed by atoms with Crippen LogP contribution < -0.4 is 20.2 Å². The zero-order chi connectivity index (χ0) is 22.9. The Kier molecular flexibility index (Phi) is 8.50. The Morgan fingerprint density at radius 2 is 1.53 bits per heavy atom. The minimum absolute atomic E-state index is 0.0893. The Morgan fingerprint density at radius 3 is 2.06 bits per heavy atom. The van der Waals surface area contributed by atoms with Gasteiger partial charge in [-0.3, -0.25) is 0 Å². The molecule has 1 aromatic heterocycles. The Hall–Kier alpha value is -3.06. The fraction of sp³-hybridized carbons (Fsp3) is 0.360.